The number of hydrogen-bond donors (Lipinski definition) is 2. The van der Waals surface area contributed by atoms with Crippen molar-refractivity contribution in [2.75, 3.05) is 29.9 Å². The normalized spacial score (nSPS) is 15.0. The smallest absolute Gasteiger partial charge is 0.269 e. The molecule has 0 saturated carbocycles. The van der Waals surface area contributed by atoms with Gasteiger partial charge in [-0.1, -0.05) is 20.8 Å². The minimum atomic E-state index is -0.137. The van der Waals surface area contributed by atoms with Crippen molar-refractivity contribution in [1.82, 2.24) is 10.3 Å². The van der Waals surface area contributed by atoms with E-state index in [0.717, 1.165) is 30.4 Å². The van der Waals surface area contributed by atoms with Crippen molar-refractivity contribution in [3.63, 3.8) is 0 Å². The second-order valence-electron chi connectivity index (χ2n) is 7.88. The number of carbonyl (C=O) groups excluding carboxylic acids is 1. The second-order valence-corrected chi connectivity index (χ2v) is 7.88. The summed E-state index contributed by atoms with van der Waals surface area (Å²) < 4.78 is 0. The molecule has 2 aromatic rings. The highest BCUT2D eigenvalue weighted by molar-refractivity contribution is 5.93. The Balaban J connectivity index is 1.62. The number of nitrogens with zero attached hydrogens (tertiary/aromatic N) is 2. The van der Waals surface area contributed by atoms with E-state index in [2.05, 4.69) is 65.6 Å². The maximum atomic E-state index is 12.2. The molecule has 5 heteroatoms. The number of aromatic nitrogens is 1. The van der Waals surface area contributed by atoms with Crippen LogP contribution in [0, 0.1) is 11.8 Å². The third kappa shape index (κ3) is 5.46. The molecule has 2 heterocycles. The minimum absolute atomic E-state index is 0.137. The molecule has 1 aliphatic heterocycles. The molecule has 27 heavy (non-hydrogen) atoms. The highest BCUT2D eigenvalue weighted by Crippen LogP contribution is 2.25. The molecule has 144 valence electrons. The fourth-order valence-corrected chi connectivity index (χ4v) is 3.21. The first kappa shape index (κ1) is 19.2. The molecule has 1 amide bonds. The van der Waals surface area contributed by atoms with Crippen molar-refractivity contribution in [2.45, 2.75) is 33.6 Å². The van der Waals surface area contributed by atoms with E-state index in [1.54, 1.807) is 12.3 Å². The molecule has 1 aromatic heterocycles. The van der Waals surface area contributed by atoms with Crippen LogP contribution in [-0.2, 0) is 0 Å². The predicted molar refractivity (Wildman–Crippen MR) is 112 cm³/mol. The quantitative estimate of drug-likeness (QED) is 0.793. The molecule has 1 fully saturated rings. The molecule has 5 nitrogen and oxygen atoms in total. The summed E-state index contributed by atoms with van der Waals surface area (Å²) in [6.45, 7) is 9.38. The molecule has 0 aliphatic carbocycles. The van der Waals surface area contributed by atoms with Crippen LogP contribution >= 0.6 is 0 Å². The highest BCUT2D eigenvalue weighted by Gasteiger charge is 2.15. The van der Waals surface area contributed by atoms with Crippen molar-refractivity contribution in [3.05, 3.63) is 48.3 Å². The van der Waals surface area contributed by atoms with Gasteiger partial charge in [-0.15, -0.1) is 0 Å². The van der Waals surface area contributed by atoms with E-state index in [4.69, 9.17) is 0 Å². The van der Waals surface area contributed by atoms with E-state index in [-0.39, 0.29) is 5.91 Å². The molecule has 1 aliphatic rings. The Bertz CT molecular complexity index is 749. The fraction of sp³-hybridized carbons (Fsp3) is 0.455. The monoisotopic (exact) mass is 366 g/mol. The van der Waals surface area contributed by atoms with E-state index in [1.165, 1.54) is 18.5 Å². The third-order valence-electron chi connectivity index (χ3n) is 4.97. The van der Waals surface area contributed by atoms with Crippen molar-refractivity contribution in [3.8, 4) is 0 Å². The molecular formula is C22H30N4O. The number of nitrogens with one attached hydrogen (secondary N) is 2. The van der Waals surface area contributed by atoms with Gasteiger partial charge < -0.3 is 15.5 Å². The van der Waals surface area contributed by atoms with Crippen LogP contribution in [0.5, 0.6) is 0 Å². The summed E-state index contributed by atoms with van der Waals surface area (Å²) in [5.41, 5.74) is 3.57. The zero-order valence-corrected chi connectivity index (χ0v) is 16.5. The SMILES string of the molecule is CC(C)CNC(=O)c1cc(Nc2ccc(N3CCC(C)CC3)cc2)ccn1. The molecule has 0 spiro atoms. The van der Waals surface area contributed by atoms with E-state index in [1.807, 2.05) is 6.07 Å². The summed E-state index contributed by atoms with van der Waals surface area (Å²) in [4.78, 5) is 18.8. The molecule has 0 unspecified atom stereocenters. The molecular weight excluding hydrogens is 336 g/mol. The maximum absolute atomic E-state index is 12.2. The van der Waals surface area contributed by atoms with E-state index in [0.29, 0.717) is 18.2 Å². The third-order valence-corrected chi connectivity index (χ3v) is 4.97. The van der Waals surface area contributed by atoms with Crippen LogP contribution in [0.2, 0.25) is 0 Å². The van der Waals surface area contributed by atoms with Gasteiger partial charge in [0.2, 0.25) is 0 Å². The topological polar surface area (TPSA) is 57.3 Å². The first-order valence-corrected chi connectivity index (χ1v) is 9.87. The first-order valence-electron chi connectivity index (χ1n) is 9.87. The molecule has 1 saturated heterocycles. The fourth-order valence-electron chi connectivity index (χ4n) is 3.21. The van der Waals surface area contributed by atoms with Gasteiger partial charge in [0.1, 0.15) is 5.69 Å². The van der Waals surface area contributed by atoms with E-state index < -0.39 is 0 Å². The molecule has 1 aromatic carbocycles. The van der Waals surface area contributed by atoms with Gasteiger partial charge in [0, 0.05) is 42.9 Å². The summed E-state index contributed by atoms with van der Waals surface area (Å²) in [5, 5.41) is 6.26. The summed E-state index contributed by atoms with van der Waals surface area (Å²) in [5.74, 6) is 1.11. The summed E-state index contributed by atoms with van der Waals surface area (Å²) in [6, 6.07) is 12.2. The number of benzene rings is 1. The summed E-state index contributed by atoms with van der Waals surface area (Å²) in [7, 11) is 0. The Morgan fingerprint density at radius 2 is 1.85 bits per heavy atom. The van der Waals surface area contributed by atoms with E-state index in [9.17, 15) is 4.79 Å². The largest absolute Gasteiger partial charge is 0.372 e. The molecule has 3 rings (SSSR count). The van der Waals surface area contributed by atoms with Crippen LogP contribution in [0.4, 0.5) is 17.1 Å². The number of piperidine rings is 1. The van der Waals surface area contributed by atoms with Gasteiger partial charge in [-0.05, 0) is 61.1 Å². The zero-order chi connectivity index (χ0) is 19.2. The van der Waals surface area contributed by atoms with Crippen molar-refractivity contribution < 1.29 is 4.79 Å². The number of carbonyl (C=O) groups is 1. The summed E-state index contributed by atoms with van der Waals surface area (Å²) in [6.07, 6.45) is 4.19. The highest BCUT2D eigenvalue weighted by atomic mass is 16.1. The maximum Gasteiger partial charge on any atom is 0.269 e. The second kappa shape index (κ2) is 8.89. The van der Waals surface area contributed by atoms with Gasteiger partial charge in [-0.3, -0.25) is 9.78 Å². The lowest BCUT2D eigenvalue weighted by atomic mass is 9.99. The first-order chi connectivity index (χ1) is 13.0. The predicted octanol–water partition coefficient (Wildman–Crippen LogP) is 4.45. The lowest BCUT2D eigenvalue weighted by Crippen LogP contribution is -2.32. The van der Waals surface area contributed by atoms with Gasteiger partial charge in [0.15, 0.2) is 0 Å². The zero-order valence-electron chi connectivity index (χ0n) is 16.5. The van der Waals surface area contributed by atoms with Gasteiger partial charge in [0.25, 0.3) is 5.91 Å². The van der Waals surface area contributed by atoms with Crippen LogP contribution in [-0.4, -0.2) is 30.5 Å². The van der Waals surface area contributed by atoms with Crippen molar-refractivity contribution in [1.29, 1.82) is 0 Å². The Labute approximate surface area is 162 Å². The van der Waals surface area contributed by atoms with Crippen molar-refractivity contribution >= 4 is 23.0 Å². The molecule has 0 bridgehead atoms. The standard InChI is InChI=1S/C22H30N4O/c1-16(2)15-24-22(27)21-14-19(8-11-23-21)25-18-4-6-20(7-5-18)26-12-9-17(3)10-13-26/h4-8,11,14,16-17H,9-10,12-13,15H2,1-3H3,(H,23,25)(H,24,27). The Hall–Kier alpha value is -2.56. The van der Waals surface area contributed by atoms with Crippen LogP contribution in [0.25, 0.3) is 0 Å². The molecule has 0 radical (unpaired) electrons. The number of amides is 1. The van der Waals surface area contributed by atoms with Crippen LogP contribution in [0.1, 0.15) is 44.1 Å². The lowest BCUT2D eigenvalue weighted by Gasteiger charge is -2.32. The Morgan fingerprint density at radius 3 is 2.52 bits per heavy atom. The van der Waals surface area contributed by atoms with Gasteiger partial charge >= 0.3 is 0 Å². The lowest BCUT2D eigenvalue weighted by molar-refractivity contribution is 0.0944. The van der Waals surface area contributed by atoms with Gasteiger partial charge in [-0.2, -0.15) is 0 Å². The number of hydrogen-bond acceptors (Lipinski definition) is 4. The molecule has 0 atom stereocenters. The Kier molecular flexibility index (Phi) is 6.32. The number of rotatable bonds is 6. The average Bonchev–Trinajstić information content (AvgIpc) is 2.67. The average molecular weight is 367 g/mol. The molecule has 2 N–H and O–H groups in total. The minimum Gasteiger partial charge on any atom is -0.372 e. The van der Waals surface area contributed by atoms with Gasteiger partial charge in [-0.25, -0.2) is 0 Å². The van der Waals surface area contributed by atoms with Crippen molar-refractivity contribution in [2.24, 2.45) is 11.8 Å². The number of anilines is 3. The van der Waals surface area contributed by atoms with E-state index >= 15 is 0 Å². The van der Waals surface area contributed by atoms with Crippen LogP contribution < -0.4 is 15.5 Å². The number of pyridine rings is 1. The Morgan fingerprint density at radius 1 is 1.15 bits per heavy atom. The van der Waals surface area contributed by atoms with Gasteiger partial charge in [0.05, 0.1) is 0 Å². The summed E-state index contributed by atoms with van der Waals surface area (Å²) >= 11 is 0. The van der Waals surface area contributed by atoms with Crippen LogP contribution in [0.3, 0.4) is 0 Å². The van der Waals surface area contributed by atoms with Crippen LogP contribution in [0.15, 0.2) is 42.6 Å².